The zero-order valence-corrected chi connectivity index (χ0v) is 9.38. The van der Waals surface area contributed by atoms with Crippen LogP contribution in [0.1, 0.15) is 22.3 Å². The number of benzene rings is 1. The average molecular weight is 190 g/mol. The maximum Gasteiger partial charge on any atom is -0.00116 e. The van der Waals surface area contributed by atoms with E-state index in [0.717, 1.165) is 0 Å². The quantitative estimate of drug-likeness (QED) is 0.586. The molecule has 1 heteroatoms. The van der Waals surface area contributed by atoms with Gasteiger partial charge in [0.15, 0.2) is 0 Å². The molecule has 0 N–H and O–H groups in total. The van der Waals surface area contributed by atoms with E-state index in [1.807, 2.05) is 0 Å². The van der Waals surface area contributed by atoms with E-state index in [2.05, 4.69) is 38.5 Å². The first-order valence-electron chi connectivity index (χ1n) is 4.55. The Bertz CT molecular complexity index is 421. The fourth-order valence-corrected chi connectivity index (χ4v) is 2.79. The summed E-state index contributed by atoms with van der Waals surface area (Å²) >= 11 is 1.80. The van der Waals surface area contributed by atoms with Crippen molar-refractivity contribution in [3.05, 3.63) is 33.0 Å². The van der Waals surface area contributed by atoms with Gasteiger partial charge in [-0.2, -0.15) is 11.3 Å². The van der Waals surface area contributed by atoms with Crippen LogP contribution in [0.25, 0.3) is 10.8 Å². The van der Waals surface area contributed by atoms with Crippen molar-refractivity contribution in [2.45, 2.75) is 27.7 Å². The molecule has 2 rings (SSSR count). The van der Waals surface area contributed by atoms with E-state index in [-0.39, 0.29) is 0 Å². The van der Waals surface area contributed by atoms with E-state index in [1.165, 1.54) is 33.0 Å². The van der Waals surface area contributed by atoms with Crippen LogP contribution in [0.2, 0.25) is 0 Å². The predicted octanol–water partition coefficient (Wildman–Crippen LogP) is 4.13. The summed E-state index contributed by atoms with van der Waals surface area (Å²) in [7, 11) is 0. The molecule has 1 aromatic heterocycles. The van der Waals surface area contributed by atoms with Crippen molar-refractivity contribution in [3.8, 4) is 0 Å². The first-order chi connectivity index (χ1) is 6.13. The van der Waals surface area contributed by atoms with Gasteiger partial charge in [0.1, 0.15) is 0 Å². The third-order valence-corrected chi connectivity index (χ3v) is 3.90. The Labute approximate surface area is 83.2 Å². The van der Waals surface area contributed by atoms with Crippen molar-refractivity contribution in [1.29, 1.82) is 0 Å². The van der Waals surface area contributed by atoms with Crippen LogP contribution in [0.4, 0.5) is 0 Å². The summed E-state index contributed by atoms with van der Waals surface area (Å²) in [6.45, 7) is 8.87. The number of hydrogen-bond donors (Lipinski definition) is 0. The van der Waals surface area contributed by atoms with Crippen molar-refractivity contribution in [2.24, 2.45) is 0 Å². The second-order valence-corrected chi connectivity index (χ2v) is 4.44. The standard InChI is InChI=1S/C12H14S/c1-7-8(2)10(4)12-6-13-5-11(12)9(7)3/h5-6H,1-4H3. The minimum absolute atomic E-state index is 1.44. The Kier molecular flexibility index (Phi) is 1.92. The molecule has 1 heterocycles. The van der Waals surface area contributed by atoms with Gasteiger partial charge in [0.25, 0.3) is 0 Å². The number of hydrogen-bond acceptors (Lipinski definition) is 1. The highest BCUT2D eigenvalue weighted by atomic mass is 32.1. The zero-order chi connectivity index (χ0) is 9.59. The van der Waals surface area contributed by atoms with Crippen molar-refractivity contribution >= 4 is 22.1 Å². The van der Waals surface area contributed by atoms with Gasteiger partial charge in [-0.3, -0.25) is 0 Å². The molecule has 0 saturated carbocycles. The molecule has 0 bridgehead atoms. The van der Waals surface area contributed by atoms with Crippen LogP contribution in [0.5, 0.6) is 0 Å². The second-order valence-electron chi connectivity index (χ2n) is 3.70. The maximum atomic E-state index is 2.25. The van der Waals surface area contributed by atoms with Gasteiger partial charge in [-0.1, -0.05) is 0 Å². The molecule has 68 valence electrons. The van der Waals surface area contributed by atoms with E-state index in [0.29, 0.717) is 0 Å². The Hall–Kier alpha value is -0.820. The zero-order valence-electron chi connectivity index (χ0n) is 8.56. The molecule has 0 aliphatic heterocycles. The highest BCUT2D eigenvalue weighted by Gasteiger charge is 2.08. The largest absolute Gasteiger partial charge is 0.151 e. The molecule has 0 nitrogen and oxygen atoms in total. The summed E-state index contributed by atoms with van der Waals surface area (Å²) in [6, 6.07) is 0. The number of thiophene rings is 1. The van der Waals surface area contributed by atoms with Crippen LogP contribution in [-0.4, -0.2) is 0 Å². The third-order valence-electron chi connectivity index (χ3n) is 3.16. The molecule has 0 aliphatic rings. The van der Waals surface area contributed by atoms with Crippen LogP contribution >= 0.6 is 11.3 Å². The van der Waals surface area contributed by atoms with Crippen LogP contribution in [0.3, 0.4) is 0 Å². The third kappa shape index (κ3) is 1.11. The molecule has 1 aromatic carbocycles. The lowest BCUT2D eigenvalue weighted by Crippen LogP contribution is -1.91. The highest BCUT2D eigenvalue weighted by molar-refractivity contribution is 7.09. The van der Waals surface area contributed by atoms with Crippen molar-refractivity contribution < 1.29 is 0 Å². The summed E-state index contributed by atoms with van der Waals surface area (Å²) in [5, 5.41) is 7.38. The van der Waals surface area contributed by atoms with Gasteiger partial charge >= 0.3 is 0 Å². The first-order valence-corrected chi connectivity index (χ1v) is 5.49. The molecule has 0 atom stereocenters. The minimum Gasteiger partial charge on any atom is -0.151 e. The van der Waals surface area contributed by atoms with Crippen molar-refractivity contribution in [1.82, 2.24) is 0 Å². The molecule has 0 radical (unpaired) electrons. The first kappa shape index (κ1) is 8.76. The van der Waals surface area contributed by atoms with Crippen LogP contribution in [0.15, 0.2) is 10.8 Å². The van der Waals surface area contributed by atoms with E-state index in [4.69, 9.17) is 0 Å². The average Bonchev–Trinajstić information content (AvgIpc) is 2.59. The smallest absolute Gasteiger partial charge is 0.00116 e. The Morgan fingerprint density at radius 3 is 1.46 bits per heavy atom. The van der Waals surface area contributed by atoms with Gasteiger partial charge < -0.3 is 0 Å². The Morgan fingerprint density at radius 2 is 1.08 bits per heavy atom. The van der Waals surface area contributed by atoms with Gasteiger partial charge in [-0.15, -0.1) is 0 Å². The van der Waals surface area contributed by atoms with E-state index < -0.39 is 0 Å². The van der Waals surface area contributed by atoms with Crippen molar-refractivity contribution in [2.75, 3.05) is 0 Å². The lowest BCUT2D eigenvalue weighted by molar-refractivity contribution is 1.25. The molecular formula is C12H14S. The van der Waals surface area contributed by atoms with Gasteiger partial charge in [0, 0.05) is 0 Å². The molecule has 0 aliphatic carbocycles. The molecule has 0 unspecified atom stereocenters. The van der Waals surface area contributed by atoms with Gasteiger partial charge in [0.2, 0.25) is 0 Å². The monoisotopic (exact) mass is 190 g/mol. The van der Waals surface area contributed by atoms with Gasteiger partial charge in [0.05, 0.1) is 0 Å². The van der Waals surface area contributed by atoms with E-state index in [1.54, 1.807) is 11.3 Å². The van der Waals surface area contributed by atoms with Crippen LogP contribution in [-0.2, 0) is 0 Å². The number of fused-ring (bicyclic) bond motifs is 1. The topological polar surface area (TPSA) is 0 Å². The molecule has 0 spiro atoms. The summed E-state index contributed by atoms with van der Waals surface area (Å²) in [4.78, 5) is 0. The molecule has 2 aromatic rings. The normalized spacial score (nSPS) is 11.1. The predicted molar refractivity (Wildman–Crippen MR) is 60.8 cm³/mol. The second kappa shape index (κ2) is 2.85. The van der Waals surface area contributed by atoms with Crippen molar-refractivity contribution in [3.63, 3.8) is 0 Å². The van der Waals surface area contributed by atoms with Gasteiger partial charge in [-0.05, 0) is 71.5 Å². The lowest BCUT2D eigenvalue weighted by atomic mass is 9.94. The number of rotatable bonds is 0. The summed E-state index contributed by atoms with van der Waals surface area (Å²) in [6.07, 6.45) is 0. The summed E-state index contributed by atoms with van der Waals surface area (Å²) in [5.41, 5.74) is 5.78. The number of aryl methyl sites for hydroxylation is 2. The molecule has 13 heavy (non-hydrogen) atoms. The molecule has 0 amide bonds. The maximum absolute atomic E-state index is 2.25. The molecule has 0 saturated heterocycles. The molecular weight excluding hydrogens is 176 g/mol. The fraction of sp³-hybridized carbons (Fsp3) is 0.333. The SMILES string of the molecule is Cc1c(C)c(C)c2cscc2c1C. The fourth-order valence-electron chi connectivity index (χ4n) is 1.84. The Morgan fingerprint density at radius 1 is 0.692 bits per heavy atom. The summed E-state index contributed by atoms with van der Waals surface area (Å²) < 4.78 is 0. The van der Waals surface area contributed by atoms with E-state index in [9.17, 15) is 0 Å². The lowest BCUT2D eigenvalue weighted by Gasteiger charge is -2.10. The van der Waals surface area contributed by atoms with Gasteiger partial charge in [-0.25, -0.2) is 0 Å². The molecule has 0 fully saturated rings. The minimum atomic E-state index is 1.44. The Balaban J connectivity index is 3.02. The summed E-state index contributed by atoms with van der Waals surface area (Å²) in [5.74, 6) is 0. The highest BCUT2D eigenvalue weighted by Crippen LogP contribution is 2.31. The van der Waals surface area contributed by atoms with Crippen LogP contribution < -0.4 is 0 Å². The van der Waals surface area contributed by atoms with E-state index >= 15 is 0 Å². The van der Waals surface area contributed by atoms with Crippen LogP contribution in [0, 0.1) is 27.7 Å².